The number of pyridine rings is 1. The average molecular weight is 468 g/mol. The number of Topliss-reactive ketones (excluding diaryl/α,β-unsaturated/α-hetero) is 1. The number of carbonyl (C=O) groups is 2. The Labute approximate surface area is 197 Å². The molecular formula is C24H26ClN5O3. The first-order chi connectivity index (χ1) is 15.9. The quantitative estimate of drug-likeness (QED) is 0.695. The number of rotatable bonds is 5. The summed E-state index contributed by atoms with van der Waals surface area (Å²) >= 11 is 6.06. The molecule has 2 N–H and O–H groups in total. The van der Waals surface area contributed by atoms with Gasteiger partial charge >= 0.3 is 6.09 Å². The number of halogens is 1. The predicted octanol–water partition coefficient (Wildman–Crippen LogP) is 3.13. The normalized spacial score (nSPS) is 23.2. The van der Waals surface area contributed by atoms with Crippen molar-refractivity contribution in [3.05, 3.63) is 58.7 Å². The van der Waals surface area contributed by atoms with Gasteiger partial charge in [-0.1, -0.05) is 23.7 Å². The Morgan fingerprint density at radius 2 is 1.97 bits per heavy atom. The number of nitrogens with zero attached hydrogens (tertiary/aromatic N) is 4. The molecule has 2 aromatic rings. The number of benzene rings is 1. The number of nitriles is 1. The minimum absolute atomic E-state index is 0.0569. The minimum Gasteiger partial charge on any atom is -0.465 e. The Morgan fingerprint density at radius 3 is 2.61 bits per heavy atom. The van der Waals surface area contributed by atoms with E-state index >= 15 is 0 Å². The second-order valence-electron chi connectivity index (χ2n) is 8.61. The van der Waals surface area contributed by atoms with Crippen molar-refractivity contribution in [3.8, 4) is 6.07 Å². The van der Waals surface area contributed by atoms with Gasteiger partial charge in [-0.15, -0.1) is 0 Å². The summed E-state index contributed by atoms with van der Waals surface area (Å²) < 4.78 is 0. The van der Waals surface area contributed by atoms with Gasteiger partial charge in [-0.2, -0.15) is 5.26 Å². The van der Waals surface area contributed by atoms with Gasteiger partial charge in [0.25, 0.3) is 0 Å². The van der Waals surface area contributed by atoms with E-state index in [0.717, 1.165) is 5.56 Å². The highest BCUT2D eigenvalue weighted by atomic mass is 35.5. The van der Waals surface area contributed by atoms with Crippen molar-refractivity contribution in [1.29, 1.82) is 5.26 Å². The molecule has 2 saturated heterocycles. The second-order valence-corrected chi connectivity index (χ2v) is 9.05. The summed E-state index contributed by atoms with van der Waals surface area (Å²) in [4.78, 5) is 33.7. The molecule has 0 radical (unpaired) electrons. The fourth-order valence-electron chi connectivity index (χ4n) is 5.18. The van der Waals surface area contributed by atoms with Crippen molar-refractivity contribution < 1.29 is 14.7 Å². The zero-order valence-corrected chi connectivity index (χ0v) is 19.1. The predicted molar refractivity (Wildman–Crippen MR) is 124 cm³/mol. The zero-order chi connectivity index (χ0) is 23.6. The fourth-order valence-corrected chi connectivity index (χ4v) is 5.30. The molecule has 8 nitrogen and oxygen atoms in total. The maximum atomic E-state index is 14.0. The molecule has 0 aliphatic carbocycles. The first kappa shape index (κ1) is 23.0. The van der Waals surface area contributed by atoms with Gasteiger partial charge in [0, 0.05) is 56.3 Å². The maximum absolute atomic E-state index is 14.0. The van der Waals surface area contributed by atoms with E-state index in [1.54, 1.807) is 30.5 Å². The van der Waals surface area contributed by atoms with Crippen LogP contribution in [0.25, 0.3) is 0 Å². The van der Waals surface area contributed by atoms with Gasteiger partial charge in [-0.25, -0.2) is 9.78 Å². The van der Waals surface area contributed by atoms with Gasteiger partial charge < -0.3 is 15.3 Å². The lowest BCUT2D eigenvalue weighted by molar-refractivity contribution is -0.134. The molecule has 9 heteroatoms. The van der Waals surface area contributed by atoms with Crippen molar-refractivity contribution in [3.63, 3.8) is 0 Å². The number of amides is 1. The summed E-state index contributed by atoms with van der Waals surface area (Å²) in [5.41, 5.74) is 0.192. The van der Waals surface area contributed by atoms with Gasteiger partial charge in [0.2, 0.25) is 0 Å². The average Bonchev–Trinajstić information content (AvgIpc) is 3.29. The smallest absolute Gasteiger partial charge is 0.407 e. The molecule has 33 heavy (non-hydrogen) atoms. The molecule has 2 aliphatic rings. The van der Waals surface area contributed by atoms with Gasteiger partial charge in [0.05, 0.1) is 5.56 Å². The Balaban J connectivity index is 1.60. The van der Waals surface area contributed by atoms with Crippen LogP contribution in [0.5, 0.6) is 0 Å². The molecule has 0 bridgehead atoms. The molecule has 0 saturated carbocycles. The number of hydrogen-bond acceptors (Lipinski definition) is 6. The summed E-state index contributed by atoms with van der Waals surface area (Å²) in [6.07, 6.45) is 1.67. The molecule has 2 fully saturated rings. The van der Waals surface area contributed by atoms with Crippen LogP contribution in [-0.4, -0.2) is 65.6 Å². The minimum atomic E-state index is -1.20. The Morgan fingerprint density at radius 1 is 1.27 bits per heavy atom. The lowest BCUT2D eigenvalue weighted by Crippen LogP contribution is -2.61. The Kier molecular flexibility index (Phi) is 6.54. The zero-order valence-electron chi connectivity index (χ0n) is 18.4. The van der Waals surface area contributed by atoms with E-state index in [-0.39, 0.29) is 24.2 Å². The molecule has 1 aromatic heterocycles. The summed E-state index contributed by atoms with van der Waals surface area (Å²) in [6.45, 7) is 1.92. The maximum Gasteiger partial charge on any atom is 0.407 e. The molecule has 1 aromatic carbocycles. The number of aromatic nitrogens is 1. The van der Waals surface area contributed by atoms with Crippen LogP contribution in [0, 0.1) is 17.2 Å². The second kappa shape index (κ2) is 9.38. The van der Waals surface area contributed by atoms with Gasteiger partial charge in [0.1, 0.15) is 17.4 Å². The summed E-state index contributed by atoms with van der Waals surface area (Å²) in [6, 6.07) is 12.9. The number of carboxylic acid groups (broad SMARTS) is 1. The van der Waals surface area contributed by atoms with Crippen LogP contribution in [0.2, 0.25) is 5.02 Å². The van der Waals surface area contributed by atoms with E-state index in [1.165, 1.54) is 11.9 Å². The first-order valence-electron chi connectivity index (χ1n) is 11.0. The molecule has 4 rings (SSSR count). The van der Waals surface area contributed by atoms with E-state index in [9.17, 15) is 20.0 Å². The third-order valence-electron chi connectivity index (χ3n) is 6.98. The van der Waals surface area contributed by atoms with Gasteiger partial charge in [-0.3, -0.25) is 9.69 Å². The van der Waals surface area contributed by atoms with Crippen LogP contribution in [0.15, 0.2) is 42.6 Å². The van der Waals surface area contributed by atoms with E-state index in [0.29, 0.717) is 48.9 Å². The van der Waals surface area contributed by atoms with Crippen molar-refractivity contribution in [2.24, 2.45) is 5.92 Å². The van der Waals surface area contributed by atoms with Crippen LogP contribution >= 0.6 is 11.6 Å². The Bertz CT molecular complexity index is 1080. The van der Waals surface area contributed by atoms with Crippen LogP contribution in [-0.2, 0) is 4.79 Å². The van der Waals surface area contributed by atoms with Crippen LogP contribution in [0.1, 0.15) is 29.9 Å². The van der Waals surface area contributed by atoms with Crippen molar-refractivity contribution in [2.75, 3.05) is 38.1 Å². The van der Waals surface area contributed by atoms with Crippen molar-refractivity contribution in [2.45, 2.75) is 24.3 Å². The lowest BCUT2D eigenvalue weighted by atomic mass is 9.72. The molecule has 1 amide bonds. The van der Waals surface area contributed by atoms with Crippen LogP contribution in [0.4, 0.5) is 10.6 Å². The molecule has 172 valence electrons. The van der Waals surface area contributed by atoms with E-state index < -0.39 is 11.6 Å². The number of hydrogen-bond donors (Lipinski definition) is 2. The van der Waals surface area contributed by atoms with E-state index in [4.69, 9.17) is 11.6 Å². The monoisotopic (exact) mass is 467 g/mol. The molecule has 2 aliphatic heterocycles. The van der Waals surface area contributed by atoms with Crippen LogP contribution in [0.3, 0.4) is 0 Å². The number of ketones is 1. The number of likely N-dealkylation sites (N-methyl/N-ethyl adjacent to an activating group) is 1. The number of anilines is 1. The number of carbonyl (C=O) groups excluding carboxylic acids is 1. The largest absolute Gasteiger partial charge is 0.465 e. The van der Waals surface area contributed by atoms with E-state index in [2.05, 4.69) is 16.4 Å². The highest BCUT2D eigenvalue weighted by molar-refractivity contribution is 6.30. The lowest BCUT2D eigenvalue weighted by Gasteiger charge is -2.43. The summed E-state index contributed by atoms with van der Waals surface area (Å²) in [5.74, 6) is -0.0299. The topological polar surface area (TPSA) is 110 Å². The molecule has 0 unspecified atom stereocenters. The third kappa shape index (κ3) is 4.14. The van der Waals surface area contributed by atoms with Crippen LogP contribution < -0.4 is 10.2 Å². The summed E-state index contributed by atoms with van der Waals surface area (Å²) in [7, 11) is 1.48. The highest BCUT2D eigenvalue weighted by Gasteiger charge is 2.56. The SMILES string of the molecule is CN(C(=O)O)[C@]1(C(=O)C2CCN(c3ncccc3C#N)CC2)CNC[C@H]1c1ccc(Cl)cc1. The fraction of sp³-hybridized carbons (Fsp3) is 0.417. The molecule has 2 atom stereocenters. The third-order valence-corrected chi connectivity index (χ3v) is 7.23. The molecule has 3 heterocycles. The Hall–Kier alpha value is -3.15. The highest BCUT2D eigenvalue weighted by Crippen LogP contribution is 2.41. The molecule has 0 spiro atoms. The molecular weight excluding hydrogens is 442 g/mol. The summed E-state index contributed by atoms with van der Waals surface area (Å²) in [5, 5.41) is 23.1. The standard InChI is InChI=1S/C24H26ClN5O3/c1-29(23(32)33)24(15-27-14-20(24)16-4-6-19(25)7-5-16)21(31)17-8-11-30(12-9-17)22-18(13-26)3-2-10-28-22/h2-7,10,17,20,27H,8-9,11-12,14-15H2,1H3,(H,32,33)/t20-,24+/m0/s1. The van der Waals surface area contributed by atoms with Gasteiger partial charge in [0.15, 0.2) is 5.78 Å². The number of nitrogens with one attached hydrogen (secondary N) is 1. The van der Waals surface area contributed by atoms with Gasteiger partial charge in [-0.05, 0) is 42.7 Å². The van der Waals surface area contributed by atoms with E-state index in [1.807, 2.05) is 17.0 Å². The number of piperidine rings is 1. The first-order valence-corrected chi connectivity index (χ1v) is 11.3. The van der Waals surface area contributed by atoms with Crippen molar-refractivity contribution >= 4 is 29.3 Å². The van der Waals surface area contributed by atoms with Crippen molar-refractivity contribution in [1.82, 2.24) is 15.2 Å².